The standard InChI is InChI=1S/C16H32N2O3/c1-6-20-12-13(2)17-11-14-7-9-18(10-8-14)15(19)21-16(3,4)5/h13-14,17H,6-12H2,1-5H3. The summed E-state index contributed by atoms with van der Waals surface area (Å²) in [6.45, 7) is 14.0. The summed E-state index contributed by atoms with van der Waals surface area (Å²) < 4.78 is 10.8. The summed E-state index contributed by atoms with van der Waals surface area (Å²) in [5.74, 6) is 0.632. The molecule has 1 amide bonds. The fourth-order valence-electron chi connectivity index (χ4n) is 2.37. The Bertz CT molecular complexity index is 307. The molecule has 1 unspecified atom stereocenters. The fourth-order valence-corrected chi connectivity index (χ4v) is 2.37. The van der Waals surface area contributed by atoms with E-state index < -0.39 is 5.60 Å². The largest absolute Gasteiger partial charge is 0.444 e. The Hall–Kier alpha value is -0.810. The van der Waals surface area contributed by atoms with Gasteiger partial charge in [-0.2, -0.15) is 0 Å². The van der Waals surface area contributed by atoms with Crippen LogP contribution < -0.4 is 5.32 Å². The van der Waals surface area contributed by atoms with E-state index >= 15 is 0 Å². The van der Waals surface area contributed by atoms with Crippen molar-refractivity contribution in [2.24, 2.45) is 5.92 Å². The van der Waals surface area contributed by atoms with Gasteiger partial charge in [0, 0.05) is 25.7 Å². The van der Waals surface area contributed by atoms with Crippen LogP contribution in [0.1, 0.15) is 47.5 Å². The van der Waals surface area contributed by atoms with E-state index in [4.69, 9.17) is 9.47 Å². The second-order valence-electron chi connectivity index (χ2n) is 6.88. The van der Waals surface area contributed by atoms with E-state index in [9.17, 15) is 4.79 Å². The molecule has 5 heteroatoms. The Morgan fingerprint density at radius 1 is 1.33 bits per heavy atom. The number of hydrogen-bond acceptors (Lipinski definition) is 4. The molecule has 1 aliphatic heterocycles. The Kier molecular flexibility index (Phi) is 7.46. The van der Waals surface area contributed by atoms with Crippen molar-refractivity contribution in [3.8, 4) is 0 Å². The highest BCUT2D eigenvalue weighted by atomic mass is 16.6. The average molecular weight is 300 g/mol. The lowest BCUT2D eigenvalue weighted by Crippen LogP contribution is -2.44. The van der Waals surface area contributed by atoms with Gasteiger partial charge < -0.3 is 19.7 Å². The fraction of sp³-hybridized carbons (Fsp3) is 0.938. The van der Waals surface area contributed by atoms with Crippen LogP contribution in [0.3, 0.4) is 0 Å². The van der Waals surface area contributed by atoms with Gasteiger partial charge in [0.2, 0.25) is 0 Å². The van der Waals surface area contributed by atoms with Crippen LogP contribution in [0.25, 0.3) is 0 Å². The average Bonchev–Trinajstić information content (AvgIpc) is 2.41. The number of nitrogens with zero attached hydrogens (tertiary/aromatic N) is 1. The molecule has 0 aromatic carbocycles. The van der Waals surface area contributed by atoms with E-state index in [1.165, 1.54) is 0 Å². The lowest BCUT2D eigenvalue weighted by atomic mass is 9.97. The van der Waals surface area contributed by atoms with Crippen LogP contribution in [0.2, 0.25) is 0 Å². The third-order valence-corrected chi connectivity index (χ3v) is 3.59. The third kappa shape index (κ3) is 7.67. The van der Waals surface area contributed by atoms with E-state index in [0.29, 0.717) is 12.0 Å². The molecule has 1 fully saturated rings. The molecule has 0 saturated carbocycles. The van der Waals surface area contributed by atoms with Crippen LogP contribution in [-0.4, -0.2) is 55.5 Å². The minimum absolute atomic E-state index is 0.182. The molecule has 1 rings (SSSR count). The highest BCUT2D eigenvalue weighted by Gasteiger charge is 2.26. The first kappa shape index (κ1) is 18.2. The van der Waals surface area contributed by atoms with E-state index in [1.807, 2.05) is 32.6 Å². The van der Waals surface area contributed by atoms with Gasteiger partial charge in [-0.05, 0) is 59.9 Å². The van der Waals surface area contributed by atoms with Crippen LogP contribution in [0.15, 0.2) is 0 Å². The first-order valence-corrected chi connectivity index (χ1v) is 8.11. The molecule has 1 saturated heterocycles. The minimum atomic E-state index is -0.413. The first-order chi connectivity index (χ1) is 9.81. The molecule has 1 atom stereocenters. The topological polar surface area (TPSA) is 50.8 Å². The summed E-state index contributed by atoms with van der Waals surface area (Å²) in [4.78, 5) is 13.8. The first-order valence-electron chi connectivity index (χ1n) is 8.11. The lowest BCUT2D eigenvalue weighted by molar-refractivity contribution is 0.0182. The van der Waals surface area contributed by atoms with Gasteiger partial charge in [-0.3, -0.25) is 0 Å². The molecule has 1 aliphatic rings. The molecular weight excluding hydrogens is 268 g/mol. The molecule has 0 aromatic heterocycles. The number of carbonyl (C=O) groups is 1. The molecule has 124 valence electrons. The van der Waals surface area contributed by atoms with Crippen molar-refractivity contribution < 1.29 is 14.3 Å². The summed E-state index contributed by atoms with van der Waals surface area (Å²) in [6, 6.07) is 0.383. The molecule has 1 heterocycles. The number of amides is 1. The smallest absolute Gasteiger partial charge is 0.410 e. The highest BCUT2D eigenvalue weighted by molar-refractivity contribution is 5.68. The zero-order chi connectivity index (χ0) is 15.9. The van der Waals surface area contributed by atoms with Crippen molar-refractivity contribution in [1.29, 1.82) is 0 Å². The Labute approximate surface area is 129 Å². The van der Waals surface area contributed by atoms with Crippen LogP contribution in [0, 0.1) is 5.92 Å². The molecule has 0 bridgehead atoms. The normalized spacial score (nSPS) is 18.6. The Morgan fingerprint density at radius 2 is 1.95 bits per heavy atom. The number of likely N-dealkylation sites (tertiary alicyclic amines) is 1. The highest BCUT2D eigenvalue weighted by Crippen LogP contribution is 2.19. The van der Waals surface area contributed by atoms with Crippen molar-refractivity contribution >= 4 is 6.09 Å². The second kappa shape index (κ2) is 8.59. The molecule has 0 radical (unpaired) electrons. The zero-order valence-electron chi connectivity index (χ0n) is 14.3. The van der Waals surface area contributed by atoms with Crippen LogP contribution in [-0.2, 0) is 9.47 Å². The van der Waals surface area contributed by atoms with Gasteiger partial charge in [0.05, 0.1) is 6.61 Å². The molecular formula is C16H32N2O3. The number of nitrogens with one attached hydrogen (secondary N) is 1. The molecule has 5 nitrogen and oxygen atoms in total. The van der Waals surface area contributed by atoms with Gasteiger partial charge in [0.25, 0.3) is 0 Å². The van der Waals surface area contributed by atoms with E-state index in [1.54, 1.807) is 0 Å². The number of carbonyl (C=O) groups excluding carboxylic acids is 1. The number of ether oxygens (including phenoxy) is 2. The SMILES string of the molecule is CCOCC(C)NCC1CCN(C(=O)OC(C)(C)C)CC1. The van der Waals surface area contributed by atoms with Gasteiger partial charge in [-0.15, -0.1) is 0 Å². The maximum absolute atomic E-state index is 12.0. The summed E-state index contributed by atoms with van der Waals surface area (Å²) in [7, 11) is 0. The second-order valence-corrected chi connectivity index (χ2v) is 6.88. The third-order valence-electron chi connectivity index (χ3n) is 3.59. The van der Waals surface area contributed by atoms with Gasteiger partial charge in [0.15, 0.2) is 0 Å². The number of rotatable bonds is 6. The molecule has 21 heavy (non-hydrogen) atoms. The maximum Gasteiger partial charge on any atom is 0.410 e. The van der Waals surface area contributed by atoms with E-state index in [-0.39, 0.29) is 6.09 Å². The molecule has 0 aliphatic carbocycles. The van der Waals surface area contributed by atoms with E-state index in [0.717, 1.165) is 45.7 Å². The van der Waals surface area contributed by atoms with Crippen molar-refractivity contribution in [2.75, 3.05) is 32.8 Å². The molecule has 0 spiro atoms. The lowest BCUT2D eigenvalue weighted by Gasteiger charge is -2.34. The molecule has 1 N–H and O–H groups in total. The van der Waals surface area contributed by atoms with Crippen molar-refractivity contribution in [3.05, 3.63) is 0 Å². The maximum atomic E-state index is 12.0. The summed E-state index contributed by atoms with van der Waals surface area (Å²) in [6.07, 6.45) is 1.89. The summed E-state index contributed by atoms with van der Waals surface area (Å²) >= 11 is 0. The van der Waals surface area contributed by atoms with Crippen molar-refractivity contribution in [2.45, 2.75) is 59.1 Å². The van der Waals surface area contributed by atoms with Crippen molar-refractivity contribution in [3.63, 3.8) is 0 Å². The van der Waals surface area contributed by atoms with Crippen LogP contribution in [0.5, 0.6) is 0 Å². The summed E-state index contributed by atoms with van der Waals surface area (Å²) in [5, 5.41) is 3.51. The zero-order valence-corrected chi connectivity index (χ0v) is 14.3. The van der Waals surface area contributed by atoms with E-state index in [2.05, 4.69) is 12.2 Å². The quantitative estimate of drug-likeness (QED) is 0.819. The van der Waals surface area contributed by atoms with Crippen LogP contribution in [0.4, 0.5) is 4.79 Å². The number of piperidine rings is 1. The van der Waals surface area contributed by atoms with Gasteiger partial charge >= 0.3 is 6.09 Å². The van der Waals surface area contributed by atoms with Gasteiger partial charge in [0.1, 0.15) is 5.60 Å². The van der Waals surface area contributed by atoms with Gasteiger partial charge in [-0.25, -0.2) is 4.79 Å². The Morgan fingerprint density at radius 3 is 2.48 bits per heavy atom. The predicted octanol–water partition coefficient (Wildman–Crippen LogP) is 2.65. The Balaban J connectivity index is 2.21. The summed E-state index contributed by atoms with van der Waals surface area (Å²) in [5.41, 5.74) is -0.413. The molecule has 0 aromatic rings. The van der Waals surface area contributed by atoms with Crippen molar-refractivity contribution in [1.82, 2.24) is 10.2 Å². The van der Waals surface area contributed by atoms with Crippen LogP contribution >= 0.6 is 0 Å². The minimum Gasteiger partial charge on any atom is -0.444 e. The predicted molar refractivity (Wildman–Crippen MR) is 84.5 cm³/mol. The number of hydrogen-bond donors (Lipinski definition) is 1. The monoisotopic (exact) mass is 300 g/mol. The van der Waals surface area contributed by atoms with Gasteiger partial charge in [-0.1, -0.05) is 0 Å².